The van der Waals surface area contributed by atoms with Crippen LogP contribution in [0.5, 0.6) is 5.75 Å². The van der Waals surface area contributed by atoms with E-state index in [1.807, 2.05) is 55.5 Å². The Morgan fingerprint density at radius 2 is 1.92 bits per heavy atom. The van der Waals surface area contributed by atoms with Crippen molar-refractivity contribution in [3.8, 4) is 5.75 Å². The minimum absolute atomic E-state index is 0.0890. The third-order valence-electron chi connectivity index (χ3n) is 4.21. The summed E-state index contributed by atoms with van der Waals surface area (Å²) < 4.78 is 10.4. The standard InChI is InChI=1S/C20H19NO4/c1-13-8-7-11-16-18(13)21(17(22)12-25-16)19(14(2)20(23)24-3)15-9-5-4-6-10-15/h4-11,19H,2,12H2,1,3H3. The van der Waals surface area contributed by atoms with Crippen molar-refractivity contribution in [3.63, 3.8) is 0 Å². The van der Waals surface area contributed by atoms with Crippen molar-refractivity contribution in [1.82, 2.24) is 0 Å². The van der Waals surface area contributed by atoms with E-state index in [2.05, 4.69) is 6.58 Å². The molecule has 1 aliphatic heterocycles. The molecule has 0 N–H and O–H groups in total. The van der Waals surface area contributed by atoms with E-state index in [1.54, 1.807) is 4.90 Å². The number of anilines is 1. The number of fused-ring (bicyclic) bond motifs is 1. The number of esters is 1. The molecule has 0 spiro atoms. The largest absolute Gasteiger partial charge is 0.482 e. The minimum Gasteiger partial charge on any atom is -0.482 e. The van der Waals surface area contributed by atoms with Crippen molar-refractivity contribution >= 4 is 17.6 Å². The zero-order valence-electron chi connectivity index (χ0n) is 14.2. The number of nitrogens with zero attached hydrogens (tertiary/aromatic N) is 1. The van der Waals surface area contributed by atoms with Gasteiger partial charge in [-0.05, 0) is 24.1 Å². The van der Waals surface area contributed by atoms with Gasteiger partial charge < -0.3 is 9.47 Å². The molecule has 2 aromatic rings. The van der Waals surface area contributed by atoms with Crippen molar-refractivity contribution in [1.29, 1.82) is 0 Å². The molecule has 1 amide bonds. The highest BCUT2D eigenvalue weighted by Gasteiger charge is 2.37. The Balaban J connectivity index is 2.19. The predicted octanol–water partition coefficient (Wildman–Crippen LogP) is 3.19. The van der Waals surface area contributed by atoms with Gasteiger partial charge in [-0.2, -0.15) is 0 Å². The van der Waals surface area contributed by atoms with E-state index in [9.17, 15) is 9.59 Å². The molecule has 0 saturated carbocycles. The summed E-state index contributed by atoms with van der Waals surface area (Å²) in [6, 6.07) is 14.2. The molecule has 0 radical (unpaired) electrons. The number of hydrogen-bond donors (Lipinski definition) is 0. The van der Waals surface area contributed by atoms with Crippen LogP contribution in [0.1, 0.15) is 17.2 Å². The maximum Gasteiger partial charge on any atom is 0.335 e. The fraction of sp³-hybridized carbons (Fsp3) is 0.200. The second-order valence-corrected chi connectivity index (χ2v) is 5.80. The molecule has 5 heteroatoms. The highest BCUT2D eigenvalue weighted by Crippen LogP contribution is 2.42. The highest BCUT2D eigenvalue weighted by atomic mass is 16.5. The fourth-order valence-electron chi connectivity index (χ4n) is 3.05. The zero-order valence-corrected chi connectivity index (χ0v) is 14.2. The van der Waals surface area contributed by atoms with Gasteiger partial charge in [0.05, 0.1) is 24.4 Å². The van der Waals surface area contributed by atoms with Gasteiger partial charge in [-0.15, -0.1) is 0 Å². The van der Waals surface area contributed by atoms with E-state index in [0.29, 0.717) is 11.4 Å². The number of carbonyl (C=O) groups is 2. The van der Waals surface area contributed by atoms with E-state index >= 15 is 0 Å². The number of hydrogen-bond acceptors (Lipinski definition) is 4. The van der Waals surface area contributed by atoms with Crippen LogP contribution in [0.15, 0.2) is 60.7 Å². The fourth-order valence-corrected chi connectivity index (χ4v) is 3.05. The molecule has 1 aliphatic rings. The Bertz CT molecular complexity index is 829. The van der Waals surface area contributed by atoms with Crippen LogP contribution in [0, 0.1) is 6.92 Å². The van der Waals surface area contributed by atoms with Crippen LogP contribution in [0.3, 0.4) is 0 Å². The third-order valence-corrected chi connectivity index (χ3v) is 4.21. The van der Waals surface area contributed by atoms with Crippen LogP contribution < -0.4 is 9.64 Å². The first-order valence-electron chi connectivity index (χ1n) is 7.91. The number of carbonyl (C=O) groups excluding carboxylic acids is 2. The van der Waals surface area contributed by atoms with Gasteiger partial charge in [0, 0.05) is 0 Å². The Labute approximate surface area is 146 Å². The van der Waals surface area contributed by atoms with Crippen molar-refractivity contribution in [2.24, 2.45) is 0 Å². The molecule has 1 heterocycles. The lowest BCUT2D eigenvalue weighted by Crippen LogP contribution is -2.43. The van der Waals surface area contributed by atoms with Gasteiger partial charge in [-0.25, -0.2) is 4.79 Å². The first kappa shape index (κ1) is 16.8. The van der Waals surface area contributed by atoms with Crippen LogP contribution in [0.25, 0.3) is 0 Å². The summed E-state index contributed by atoms with van der Waals surface area (Å²) in [7, 11) is 1.30. The average molecular weight is 337 g/mol. The molecule has 0 aliphatic carbocycles. The maximum absolute atomic E-state index is 12.7. The minimum atomic E-state index is -0.662. The summed E-state index contributed by atoms with van der Waals surface area (Å²) in [6.45, 7) is 5.72. The third kappa shape index (κ3) is 3.01. The van der Waals surface area contributed by atoms with Crippen molar-refractivity contribution < 1.29 is 19.1 Å². The van der Waals surface area contributed by atoms with Crippen LogP contribution in [0.2, 0.25) is 0 Å². The summed E-state index contributed by atoms with van der Waals surface area (Å²) >= 11 is 0. The second-order valence-electron chi connectivity index (χ2n) is 5.80. The zero-order chi connectivity index (χ0) is 18.0. The van der Waals surface area contributed by atoms with Crippen LogP contribution in [-0.4, -0.2) is 25.6 Å². The maximum atomic E-state index is 12.7. The second kappa shape index (κ2) is 6.81. The van der Waals surface area contributed by atoms with E-state index in [0.717, 1.165) is 11.1 Å². The molecule has 0 saturated heterocycles. The first-order chi connectivity index (χ1) is 12.0. The summed E-state index contributed by atoms with van der Waals surface area (Å²) in [4.78, 5) is 26.5. The van der Waals surface area contributed by atoms with Crippen LogP contribution in [-0.2, 0) is 14.3 Å². The summed E-state index contributed by atoms with van der Waals surface area (Å²) in [5.41, 5.74) is 2.50. The molecule has 0 aromatic heterocycles. The molecule has 128 valence electrons. The summed E-state index contributed by atoms with van der Waals surface area (Å²) in [5, 5.41) is 0. The number of amides is 1. The molecule has 0 bridgehead atoms. The molecular formula is C20H19NO4. The number of ether oxygens (including phenoxy) is 2. The lowest BCUT2D eigenvalue weighted by Gasteiger charge is -2.37. The lowest BCUT2D eigenvalue weighted by atomic mass is 9.95. The van der Waals surface area contributed by atoms with E-state index in [1.165, 1.54) is 7.11 Å². The van der Waals surface area contributed by atoms with Crippen molar-refractivity contribution in [2.45, 2.75) is 13.0 Å². The van der Waals surface area contributed by atoms with Gasteiger partial charge in [-0.1, -0.05) is 49.0 Å². The van der Waals surface area contributed by atoms with Crippen LogP contribution >= 0.6 is 0 Å². The van der Waals surface area contributed by atoms with E-state index < -0.39 is 12.0 Å². The van der Waals surface area contributed by atoms with Crippen molar-refractivity contribution in [2.75, 3.05) is 18.6 Å². The monoisotopic (exact) mass is 337 g/mol. The molecule has 3 rings (SSSR count). The van der Waals surface area contributed by atoms with Crippen molar-refractivity contribution in [3.05, 3.63) is 71.8 Å². The Morgan fingerprint density at radius 3 is 2.60 bits per heavy atom. The number of rotatable bonds is 4. The molecule has 1 atom stereocenters. The summed E-state index contributed by atoms with van der Waals surface area (Å²) in [5.74, 6) is -0.179. The molecule has 1 unspecified atom stereocenters. The van der Waals surface area contributed by atoms with E-state index in [4.69, 9.17) is 9.47 Å². The molecule has 2 aromatic carbocycles. The van der Waals surface area contributed by atoms with Crippen LogP contribution in [0.4, 0.5) is 5.69 Å². The first-order valence-corrected chi connectivity index (χ1v) is 7.91. The molecule has 0 fully saturated rings. The predicted molar refractivity (Wildman–Crippen MR) is 94.5 cm³/mol. The van der Waals surface area contributed by atoms with Gasteiger partial charge in [0.2, 0.25) is 0 Å². The average Bonchev–Trinajstić information content (AvgIpc) is 2.64. The number of benzene rings is 2. The number of aryl methyl sites for hydroxylation is 1. The SMILES string of the molecule is C=C(C(=O)OC)C(c1ccccc1)N1C(=O)COc2cccc(C)c21. The smallest absolute Gasteiger partial charge is 0.335 e. The highest BCUT2D eigenvalue weighted by molar-refractivity contribution is 6.02. The Morgan fingerprint density at radius 1 is 1.20 bits per heavy atom. The van der Waals surface area contributed by atoms with Gasteiger partial charge in [0.25, 0.3) is 5.91 Å². The van der Waals surface area contributed by atoms with Gasteiger partial charge in [0.15, 0.2) is 6.61 Å². The quantitative estimate of drug-likeness (QED) is 0.635. The topological polar surface area (TPSA) is 55.8 Å². The number of para-hydroxylation sites is 1. The van der Waals surface area contributed by atoms with Gasteiger partial charge >= 0.3 is 5.97 Å². The number of methoxy groups -OCH3 is 1. The molecular weight excluding hydrogens is 318 g/mol. The van der Waals surface area contributed by atoms with E-state index in [-0.39, 0.29) is 18.1 Å². The van der Waals surface area contributed by atoms with Gasteiger partial charge in [-0.3, -0.25) is 9.69 Å². The lowest BCUT2D eigenvalue weighted by molar-refractivity contribution is -0.136. The molecule has 25 heavy (non-hydrogen) atoms. The Kier molecular flexibility index (Phi) is 4.57. The summed E-state index contributed by atoms with van der Waals surface area (Å²) in [6.07, 6.45) is 0. The normalized spacial score (nSPS) is 14.3. The molecule has 5 nitrogen and oxygen atoms in total. The Hall–Kier alpha value is -3.08. The van der Waals surface area contributed by atoms with Gasteiger partial charge in [0.1, 0.15) is 5.75 Å².